The van der Waals surface area contributed by atoms with Crippen molar-refractivity contribution in [1.82, 2.24) is 0 Å². The quantitative estimate of drug-likeness (QED) is 0.205. The SMILES string of the molecule is O=C(O)c1ccc(C(=O)O)c(-c2c3cc[c](=[Ni])cc-3oc3cc(N4CCC4)ccc23)c1.[CH2-]C[CH2-]. The first-order valence-electron chi connectivity index (χ1n) is 10.7. The van der Waals surface area contributed by atoms with Crippen LogP contribution in [0.5, 0.6) is 0 Å². The fourth-order valence-corrected chi connectivity index (χ4v) is 4.18. The molecule has 6 nitrogen and oxygen atoms in total. The van der Waals surface area contributed by atoms with E-state index in [9.17, 15) is 19.8 Å². The second-order valence-electron chi connectivity index (χ2n) is 7.83. The Hall–Kier alpha value is -3.44. The molecule has 0 atom stereocenters. The van der Waals surface area contributed by atoms with E-state index in [0.717, 1.165) is 31.6 Å². The fraction of sp³-hybridized carbons (Fsp3) is 0.148. The molecule has 0 unspecified atom stereocenters. The van der Waals surface area contributed by atoms with Crippen molar-refractivity contribution in [3.05, 3.63) is 83.7 Å². The van der Waals surface area contributed by atoms with E-state index in [2.05, 4.69) is 18.7 Å². The van der Waals surface area contributed by atoms with Crippen molar-refractivity contribution < 1.29 is 39.3 Å². The van der Waals surface area contributed by atoms with Gasteiger partial charge in [0.2, 0.25) is 0 Å². The maximum absolute atomic E-state index is 12.0. The summed E-state index contributed by atoms with van der Waals surface area (Å²) in [6, 6.07) is 15.2. The third-order valence-electron chi connectivity index (χ3n) is 5.64. The molecule has 178 valence electrons. The van der Waals surface area contributed by atoms with Crippen LogP contribution in [0, 0.1) is 18.0 Å². The Balaban J connectivity index is 0.000000868. The molecule has 0 bridgehead atoms. The fourth-order valence-electron chi connectivity index (χ4n) is 3.97. The van der Waals surface area contributed by atoms with Crippen LogP contribution < -0.4 is 4.90 Å². The zero-order chi connectivity index (χ0) is 24.4. The summed E-state index contributed by atoms with van der Waals surface area (Å²) in [6.07, 6.45) is 1.89. The monoisotopic (exact) mass is 499 g/mol. The second kappa shape index (κ2) is 9.82. The second-order valence-corrected chi connectivity index (χ2v) is 8.40. The summed E-state index contributed by atoms with van der Waals surface area (Å²) >= 11 is 4.97. The average Bonchev–Trinajstić information content (AvgIpc) is 2.76. The maximum atomic E-state index is 12.0. The molecule has 1 saturated heterocycles. The number of anilines is 1. The smallest absolute Gasteiger partial charge is 0.317 e. The summed E-state index contributed by atoms with van der Waals surface area (Å²) in [6.45, 7) is 8.71. The van der Waals surface area contributed by atoms with E-state index in [1.165, 1.54) is 18.2 Å². The Morgan fingerprint density at radius 3 is 2.29 bits per heavy atom. The number of hydrogen-bond acceptors (Lipinski definition) is 4. The number of rotatable bonds is 4. The van der Waals surface area contributed by atoms with Gasteiger partial charge in [0.05, 0.1) is 0 Å². The van der Waals surface area contributed by atoms with Crippen molar-refractivity contribution in [2.75, 3.05) is 18.0 Å². The minimum atomic E-state index is -1.13. The van der Waals surface area contributed by atoms with Gasteiger partial charge < -0.3 is 20.3 Å². The summed E-state index contributed by atoms with van der Waals surface area (Å²) in [4.78, 5) is 25.8. The molecule has 2 N–H and O–H groups in total. The Morgan fingerprint density at radius 2 is 1.68 bits per heavy atom. The zero-order valence-electron chi connectivity index (χ0n) is 18.3. The number of nitrogens with zero attached hydrogens (tertiary/aromatic N) is 1. The largest absolute Gasteiger partial charge is 0.372 e. The predicted molar refractivity (Wildman–Crippen MR) is 128 cm³/mol. The molecule has 7 heteroatoms. The van der Waals surface area contributed by atoms with Crippen molar-refractivity contribution in [3.63, 3.8) is 0 Å². The summed E-state index contributed by atoms with van der Waals surface area (Å²) in [5, 5.41) is 20.0. The molecule has 34 heavy (non-hydrogen) atoms. The van der Waals surface area contributed by atoms with Gasteiger partial charge in [0, 0.05) is 0 Å². The molecule has 2 aromatic carbocycles. The number of hydrogen-bond donors (Lipinski definition) is 2. The number of fused-ring (bicyclic) bond motifs is 2. The van der Waals surface area contributed by atoms with Crippen molar-refractivity contribution >= 4 is 28.6 Å². The van der Waals surface area contributed by atoms with Crippen LogP contribution in [-0.4, -0.2) is 35.2 Å². The molecule has 3 aliphatic rings. The Kier molecular flexibility index (Phi) is 6.85. The third kappa shape index (κ3) is 4.48. The minimum Gasteiger partial charge on any atom is -0.372 e. The van der Waals surface area contributed by atoms with Gasteiger partial charge in [0.15, 0.2) is 0 Å². The number of carbonyl (C=O) groups is 2. The molecule has 0 radical (unpaired) electrons. The molecule has 0 aromatic heterocycles. The molecule has 5 rings (SSSR count). The van der Waals surface area contributed by atoms with E-state index in [1.807, 2.05) is 18.2 Å². The Bertz CT molecular complexity index is 1420. The standard InChI is InChI=1S/C24H17NO5.C3H6.Ni/c26-23(27)14-6-8-16(24(28)29)19(12-14)22-17-4-1-2-5-20(17)30-21-13-15(7-9-18(21)22)25-10-3-11-25;1-3-2;/h1,4-9,12-13H,3,10-11H2,(H,26,27)(H,28,29);1-3H2;/q;-2;. The van der Waals surface area contributed by atoms with E-state index in [0.29, 0.717) is 37.6 Å². The van der Waals surface area contributed by atoms with Gasteiger partial charge in [-0.05, 0) is 0 Å². The van der Waals surface area contributed by atoms with Crippen LogP contribution in [0.2, 0.25) is 0 Å². The van der Waals surface area contributed by atoms with Crippen molar-refractivity contribution in [3.8, 4) is 22.5 Å². The molecule has 0 saturated carbocycles. The van der Waals surface area contributed by atoms with E-state index in [1.54, 1.807) is 18.2 Å². The first kappa shape index (κ1) is 23.7. The summed E-state index contributed by atoms with van der Waals surface area (Å²) in [5.74, 6) is -1.72. The van der Waals surface area contributed by atoms with Gasteiger partial charge in [-0.2, -0.15) is 0 Å². The van der Waals surface area contributed by atoms with Gasteiger partial charge in [-0.1, -0.05) is 0 Å². The first-order valence-corrected chi connectivity index (χ1v) is 11.2. The van der Waals surface area contributed by atoms with Crippen molar-refractivity contribution in [2.45, 2.75) is 12.8 Å². The van der Waals surface area contributed by atoms with Crippen LogP contribution in [0.25, 0.3) is 33.4 Å². The number of aromatic carboxylic acids is 2. The number of carboxylic acids is 2. The van der Waals surface area contributed by atoms with E-state index in [-0.39, 0.29) is 11.1 Å². The van der Waals surface area contributed by atoms with Crippen molar-refractivity contribution in [1.29, 1.82) is 0 Å². The van der Waals surface area contributed by atoms with Gasteiger partial charge in [0.25, 0.3) is 0 Å². The van der Waals surface area contributed by atoms with Crippen LogP contribution in [0.1, 0.15) is 33.6 Å². The van der Waals surface area contributed by atoms with Gasteiger partial charge in [-0.25, -0.2) is 0 Å². The molecule has 0 spiro atoms. The average molecular weight is 500 g/mol. The molecule has 2 aliphatic heterocycles. The van der Waals surface area contributed by atoms with E-state index >= 15 is 0 Å². The van der Waals surface area contributed by atoms with Crippen LogP contribution >= 0.6 is 0 Å². The van der Waals surface area contributed by atoms with Crippen LogP contribution in [-0.2, 0) is 15.0 Å². The topological polar surface area (TPSA) is 91.0 Å². The number of carboxylic acid groups (broad SMARTS) is 2. The molecule has 0 amide bonds. The molecule has 1 fully saturated rings. The predicted octanol–water partition coefficient (Wildman–Crippen LogP) is 5.93. The van der Waals surface area contributed by atoms with E-state index in [4.69, 9.17) is 19.4 Å². The molecule has 1 aliphatic carbocycles. The third-order valence-corrected chi connectivity index (χ3v) is 5.94. The van der Waals surface area contributed by atoms with Gasteiger partial charge in [-0.15, -0.1) is 0 Å². The normalized spacial score (nSPS) is 12.8. The van der Waals surface area contributed by atoms with E-state index < -0.39 is 11.9 Å². The molecule has 2 heterocycles. The summed E-state index contributed by atoms with van der Waals surface area (Å²) in [7, 11) is 0. The summed E-state index contributed by atoms with van der Waals surface area (Å²) < 4.78 is 6.81. The number of benzene rings is 3. The molecular formula is C27H23NNiO5-2. The van der Waals surface area contributed by atoms with Crippen LogP contribution in [0.15, 0.2) is 59.0 Å². The van der Waals surface area contributed by atoms with Gasteiger partial charge >= 0.3 is 185 Å². The zero-order valence-corrected chi connectivity index (χ0v) is 19.3. The molecule has 2 aromatic rings. The minimum absolute atomic E-state index is 0.0152. The van der Waals surface area contributed by atoms with Gasteiger partial charge in [0.1, 0.15) is 0 Å². The molecular weight excluding hydrogens is 477 g/mol. The van der Waals surface area contributed by atoms with Crippen molar-refractivity contribution in [2.24, 2.45) is 0 Å². The van der Waals surface area contributed by atoms with Crippen LogP contribution in [0.3, 0.4) is 0 Å². The summed E-state index contributed by atoms with van der Waals surface area (Å²) in [5.41, 5.74) is 3.28. The van der Waals surface area contributed by atoms with Crippen LogP contribution in [0.4, 0.5) is 5.69 Å². The maximum Gasteiger partial charge on any atom is -0.317 e. The van der Waals surface area contributed by atoms with Gasteiger partial charge in [-0.3, -0.25) is 0 Å². The first-order chi connectivity index (χ1) is 16.3. The Morgan fingerprint density at radius 1 is 0.941 bits per heavy atom. The Labute approximate surface area is 204 Å².